The Morgan fingerprint density at radius 1 is 1.30 bits per heavy atom. The third kappa shape index (κ3) is 2.16. The minimum atomic E-state index is -0.404. The summed E-state index contributed by atoms with van der Waals surface area (Å²) in [5.74, 6) is -0.404. The summed E-state index contributed by atoms with van der Waals surface area (Å²) in [4.78, 5) is 21.2. The zero-order chi connectivity index (χ0) is 14.1. The first-order chi connectivity index (χ1) is 9.69. The molecule has 20 heavy (non-hydrogen) atoms. The molecule has 0 atom stereocenters. The molecule has 0 amide bonds. The number of carbonyl (C=O) groups is 1. The minimum absolute atomic E-state index is 0.376. The van der Waals surface area contributed by atoms with Gasteiger partial charge in [-0.2, -0.15) is 0 Å². The van der Waals surface area contributed by atoms with Crippen LogP contribution in [0.15, 0.2) is 36.5 Å². The number of carbonyl (C=O) groups excluding carboxylic acids is 1. The number of aromatic nitrogens is 2. The van der Waals surface area contributed by atoms with Crippen LogP contribution in [0, 0.1) is 6.92 Å². The molecule has 1 aromatic carbocycles. The number of hydrogen-bond acceptors (Lipinski definition) is 5. The smallest absolute Gasteiger partial charge is 0.357 e. The number of pyridine rings is 1. The number of aryl methyl sites for hydroxylation is 1. The van der Waals surface area contributed by atoms with Crippen LogP contribution in [0.5, 0.6) is 0 Å². The number of fused-ring (bicyclic) bond motifs is 1. The lowest BCUT2D eigenvalue weighted by molar-refractivity contribution is 0.0594. The summed E-state index contributed by atoms with van der Waals surface area (Å²) in [6.45, 7) is 1.86. The molecule has 0 aliphatic carbocycles. The Labute approximate surface area is 120 Å². The molecule has 3 aromatic rings. The van der Waals surface area contributed by atoms with E-state index >= 15 is 0 Å². The van der Waals surface area contributed by atoms with Crippen molar-refractivity contribution in [2.75, 3.05) is 7.11 Å². The minimum Gasteiger partial charge on any atom is -0.464 e. The first-order valence-corrected chi connectivity index (χ1v) is 6.91. The van der Waals surface area contributed by atoms with Crippen LogP contribution in [0.25, 0.3) is 21.5 Å². The predicted octanol–water partition coefficient (Wildman–Crippen LogP) is 3.45. The van der Waals surface area contributed by atoms with E-state index in [-0.39, 0.29) is 0 Å². The van der Waals surface area contributed by atoms with Crippen LogP contribution in [0.3, 0.4) is 0 Å². The topological polar surface area (TPSA) is 52.1 Å². The van der Waals surface area contributed by atoms with Crippen molar-refractivity contribution in [3.8, 4) is 10.6 Å². The standard InChI is InChI=1S/C15H12N2O2S/c1-9-13(15(18)19-2)17-14(20-9)11-7-10-5-3-4-6-12(10)16-8-11/h3-8H,1-2H3. The fourth-order valence-electron chi connectivity index (χ4n) is 1.99. The van der Waals surface area contributed by atoms with Gasteiger partial charge in [0.2, 0.25) is 0 Å². The summed E-state index contributed by atoms with van der Waals surface area (Å²) in [5.41, 5.74) is 2.23. The number of para-hydroxylation sites is 1. The molecule has 0 aliphatic rings. The molecule has 0 bridgehead atoms. The third-order valence-corrected chi connectivity index (χ3v) is 4.03. The number of hydrogen-bond donors (Lipinski definition) is 0. The molecule has 0 saturated heterocycles. The average molecular weight is 284 g/mol. The number of methoxy groups -OCH3 is 1. The second-order valence-electron chi connectivity index (χ2n) is 4.33. The molecule has 0 fully saturated rings. The maximum absolute atomic E-state index is 11.6. The predicted molar refractivity (Wildman–Crippen MR) is 78.9 cm³/mol. The Balaban J connectivity index is 2.09. The molecule has 0 N–H and O–H groups in total. The number of rotatable bonds is 2. The van der Waals surface area contributed by atoms with Crippen LogP contribution in [0.1, 0.15) is 15.4 Å². The van der Waals surface area contributed by atoms with Crippen LogP contribution in [0.2, 0.25) is 0 Å². The molecular weight excluding hydrogens is 272 g/mol. The third-order valence-electron chi connectivity index (χ3n) is 3.01. The first-order valence-electron chi connectivity index (χ1n) is 6.10. The van der Waals surface area contributed by atoms with Crippen LogP contribution in [-0.2, 0) is 4.74 Å². The molecule has 2 heterocycles. The molecule has 0 aliphatic heterocycles. The van der Waals surface area contributed by atoms with Gasteiger partial charge < -0.3 is 4.74 Å². The number of thiazole rings is 1. The van der Waals surface area contributed by atoms with Gasteiger partial charge in [-0.25, -0.2) is 9.78 Å². The fraction of sp³-hybridized carbons (Fsp3) is 0.133. The van der Waals surface area contributed by atoms with Crippen LogP contribution < -0.4 is 0 Å². The van der Waals surface area contributed by atoms with Crippen LogP contribution >= 0.6 is 11.3 Å². The summed E-state index contributed by atoms with van der Waals surface area (Å²) in [6, 6.07) is 9.93. The second-order valence-corrected chi connectivity index (χ2v) is 5.54. The van der Waals surface area contributed by atoms with E-state index < -0.39 is 5.97 Å². The van der Waals surface area contributed by atoms with E-state index in [1.54, 1.807) is 6.20 Å². The molecule has 100 valence electrons. The summed E-state index contributed by atoms with van der Waals surface area (Å²) < 4.78 is 4.73. The highest BCUT2D eigenvalue weighted by Crippen LogP contribution is 2.29. The summed E-state index contributed by atoms with van der Waals surface area (Å²) >= 11 is 1.47. The zero-order valence-corrected chi connectivity index (χ0v) is 11.9. The number of benzene rings is 1. The van der Waals surface area contributed by atoms with Gasteiger partial charge in [0.1, 0.15) is 5.01 Å². The maximum Gasteiger partial charge on any atom is 0.357 e. The highest BCUT2D eigenvalue weighted by molar-refractivity contribution is 7.15. The molecule has 0 unspecified atom stereocenters. The van der Waals surface area contributed by atoms with Gasteiger partial charge in [0, 0.05) is 22.0 Å². The van der Waals surface area contributed by atoms with E-state index in [9.17, 15) is 4.79 Å². The van der Waals surface area contributed by atoms with Gasteiger partial charge in [0.25, 0.3) is 0 Å². The van der Waals surface area contributed by atoms with Crippen molar-refractivity contribution in [3.63, 3.8) is 0 Å². The van der Waals surface area contributed by atoms with Crippen LogP contribution in [-0.4, -0.2) is 23.0 Å². The molecule has 2 aromatic heterocycles. The number of nitrogens with zero attached hydrogens (tertiary/aromatic N) is 2. The van der Waals surface area contributed by atoms with Crippen molar-refractivity contribution in [3.05, 3.63) is 47.1 Å². The molecular formula is C15H12N2O2S. The first kappa shape index (κ1) is 12.7. The molecule has 3 rings (SSSR count). The summed E-state index contributed by atoms with van der Waals surface area (Å²) in [5, 5.41) is 1.83. The quantitative estimate of drug-likeness (QED) is 0.676. The van der Waals surface area contributed by atoms with E-state index in [1.165, 1.54) is 18.4 Å². The van der Waals surface area contributed by atoms with Gasteiger partial charge in [-0.3, -0.25) is 4.98 Å². The lowest BCUT2D eigenvalue weighted by atomic mass is 10.2. The van der Waals surface area contributed by atoms with E-state index in [2.05, 4.69) is 9.97 Å². The lowest BCUT2D eigenvalue weighted by Crippen LogP contribution is -2.03. The summed E-state index contributed by atoms with van der Waals surface area (Å²) in [6.07, 6.45) is 1.78. The normalized spacial score (nSPS) is 10.7. The van der Waals surface area contributed by atoms with Crippen LogP contribution in [0.4, 0.5) is 0 Å². The molecule has 0 spiro atoms. The van der Waals surface area contributed by atoms with Crippen molar-refractivity contribution in [2.45, 2.75) is 6.92 Å². The van der Waals surface area contributed by atoms with E-state index in [1.807, 2.05) is 37.3 Å². The van der Waals surface area contributed by atoms with Crippen molar-refractivity contribution < 1.29 is 9.53 Å². The maximum atomic E-state index is 11.6. The van der Waals surface area contributed by atoms with Gasteiger partial charge >= 0.3 is 5.97 Å². The highest BCUT2D eigenvalue weighted by Gasteiger charge is 2.16. The van der Waals surface area contributed by atoms with Gasteiger partial charge in [0.05, 0.1) is 12.6 Å². The highest BCUT2D eigenvalue weighted by atomic mass is 32.1. The Kier molecular flexibility index (Phi) is 3.20. The SMILES string of the molecule is COC(=O)c1nc(-c2cnc3ccccc3c2)sc1C. The Bertz CT molecular complexity index is 795. The monoisotopic (exact) mass is 284 g/mol. The summed E-state index contributed by atoms with van der Waals surface area (Å²) in [7, 11) is 1.36. The molecule has 0 saturated carbocycles. The number of ether oxygens (including phenoxy) is 1. The average Bonchev–Trinajstić information content (AvgIpc) is 2.88. The van der Waals surface area contributed by atoms with Gasteiger partial charge in [-0.1, -0.05) is 18.2 Å². The Morgan fingerprint density at radius 2 is 2.10 bits per heavy atom. The zero-order valence-electron chi connectivity index (χ0n) is 11.1. The van der Waals surface area contributed by atoms with Gasteiger partial charge in [-0.15, -0.1) is 11.3 Å². The largest absolute Gasteiger partial charge is 0.464 e. The van der Waals surface area contributed by atoms with Crippen molar-refractivity contribution in [2.24, 2.45) is 0 Å². The fourth-order valence-corrected chi connectivity index (χ4v) is 2.88. The molecule has 5 heteroatoms. The Hall–Kier alpha value is -2.27. The number of esters is 1. The van der Waals surface area contributed by atoms with Gasteiger partial charge in [-0.05, 0) is 19.1 Å². The molecule has 4 nitrogen and oxygen atoms in total. The lowest BCUT2D eigenvalue weighted by Gasteiger charge is -1.99. The molecule has 0 radical (unpaired) electrons. The van der Waals surface area contributed by atoms with E-state index in [0.29, 0.717) is 5.69 Å². The van der Waals surface area contributed by atoms with E-state index in [0.717, 1.165) is 26.4 Å². The van der Waals surface area contributed by atoms with E-state index in [4.69, 9.17) is 4.74 Å². The second kappa shape index (κ2) is 5.02. The van der Waals surface area contributed by atoms with Gasteiger partial charge in [0.15, 0.2) is 5.69 Å². The van der Waals surface area contributed by atoms with Crippen molar-refractivity contribution >= 4 is 28.2 Å². The van der Waals surface area contributed by atoms with Crippen molar-refractivity contribution in [1.29, 1.82) is 0 Å². The van der Waals surface area contributed by atoms with Crippen molar-refractivity contribution in [1.82, 2.24) is 9.97 Å². The Morgan fingerprint density at radius 3 is 2.90 bits per heavy atom.